The van der Waals surface area contributed by atoms with Crippen molar-refractivity contribution in [1.29, 1.82) is 0 Å². The number of ether oxygens (including phenoxy) is 2. The molecule has 0 spiro atoms. The average molecular weight is 309 g/mol. The molecule has 6 heteroatoms. The van der Waals surface area contributed by atoms with E-state index in [9.17, 15) is 4.79 Å². The Morgan fingerprint density at radius 3 is 3.00 bits per heavy atom. The maximum atomic E-state index is 12.3. The van der Waals surface area contributed by atoms with E-state index < -0.39 is 0 Å². The molecule has 6 nitrogen and oxygen atoms in total. The highest BCUT2D eigenvalue weighted by molar-refractivity contribution is 5.95. The Balaban J connectivity index is 1.47. The van der Waals surface area contributed by atoms with Crippen LogP contribution in [0.5, 0.6) is 11.5 Å². The minimum absolute atomic E-state index is 0.149. The molecule has 1 aromatic heterocycles. The van der Waals surface area contributed by atoms with Gasteiger partial charge < -0.3 is 19.8 Å². The van der Waals surface area contributed by atoms with Crippen LogP contribution in [0.25, 0.3) is 11.0 Å². The smallest absolute Gasteiger partial charge is 0.251 e. The Labute approximate surface area is 132 Å². The number of fused-ring (bicyclic) bond motifs is 2. The standard InChI is InChI=1S/C17H15N3O3/c1-10-19-13-4-2-11(6-14(13)20-10)8-18-17(21)12-3-5-15-16(7-12)23-9-22-15/h2-7H,8-9H2,1H3,(H,18,21)(H,19,20). The van der Waals surface area contributed by atoms with Crippen molar-refractivity contribution in [2.24, 2.45) is 0 Å². The van der Waals surface area contributed by atoms with Gasteiger partial charge in [0.05, 0.1) is 11.0 Å². The molecule has 3 aromatic rings. The van der Waals surface area contributed by atoms with E-state index >= 15 is 0 Å². The maximum Gasteiger partial charge on any atom is 0.251 e. The normalized spacial score (nSPS) is 12.6. The van der Waals surface area contributed by atoms with Crippen molar-refractivity contribution in [1.82, 2.24) is 15.3 Å². The molecule has 1 amide bonds. The van der Waals surface area contributed by atoms with E-state index in [0.717, 1.165) is 22.4 Å². The number of benzene rings is 2. The number of carbonyl (C=O) groups is 1. The summed E-state index contributed by atoms with van der Waals surface area (Å²) in [4.78, 5) is 19.8. The van der Waals surface area contributed by atoms with Gasteiger partial charge in [0.1, 0.15) is 5.82 Å². The fourth-order valence-corrected chi connectivity index (χ4v) is 2.62. The first kappa shape index (κ1) is 13.6. The van der Waals surface area contributed by atoms with Crippen LogP contribution in [0.15, 0.2) is 36.4 Å². The van der Waals surface area contributed by atoms with E-state index in [4.69, 9.17) is 9.47 Å². The highest BCUT2D eigenvalue weighted by Gasteiger charge is 2.16. The first-order valence-corrected chi connectivity index (χ1v) is 7.32. The third kappa shape index (κ3) is 2.59. The highest BCUT2D eigenvalue weighted by atomic mass is 16.7. The van der Waals surface area contributed by atoms with Crippen LogP contribution in [-0.2, 0) is 6.54 Å². The second-order valence-corrected chi connectivity index (χ2v) is 5.42. The van der Waals surface area contributed by atoms with Crippen molar-refractivity contribution in [3.05, 3.63) is 53.3 Å². The topological polar surface area (TPSA) is 76.2 Å². The molecule has 4 rings (SSSR count). The molecule has 116 valence electrons. The first-order valence-electron chi connectivity index (χ1n) is 7.32. The second-order valence-electron chi connectivity index (χ2n) is 5.42. The number of imidazole rings is 1. The predicted octanol–water partition coefficient (Wildman–Crippen LogP) is 2.53. The van der Waals surface area contributed by atoms with E-state index in [2.05, 4.69) is 15.3 Å². The molecule has 0 saturated heterocycles. The molecular weight excluding hydrogens is 294 g/mol. The SMILES string of the molecule is Cc1nc2ccc(CNC(=O)c3ccc4c(c3)OCO4)cc2[nH]1. The monoisotopic (exact) mass is 309 g/mol. The second kappa shape index (κ2) is 5.31. The molecule has 1 aliphatic heterocycles. The molecule has 0 unspecified atom stereocenters. The van der Waals surface area contributed by atoms with Crippen molar-refractivity contribution in [3.8, 4) is 11.5 Å². The molecule has 23 heavy (non-hydrogen) atoms. The summed E-state index contributed by atoms with van der Waals surface area (Å²) in [5.41, 5.74) is 3.45. The summed E-state index contributed by atoms with van der Waals surface area (Å²) in [7, 11) is 0. The van der Waals surface area contributed by atoms with Gasteiger partial charge in [0.15, 0.2) is 11.5 Å². The van der Waals surface area contributed by atoms with E-state index in [-0.39, 0.29) is 12.7 Å². The Kier molecular flexibility index (Phi) is 3.15. The summed E-state index contributed by atoms with van der Waals surface area (Å²) in [5.74, 6) is 2.00. The predicted molar refractivity (Wildman–Crippen MR) is 84.6 cm³/mol. The van der Waals surface area contributed by atoms with Crippen LogP contribution < -0.4 is 14.8 Å². The van der Waals surface area contributed by atoms with Gasteiger partial charge in [0.25, 0.3) is 5.91 Å². The lowest BCUT2D eigenvalue weighted by Crippen LogP contribution is -2.22. The number of H-pyrrole nitrogens is 1. The Bertz CT molecular complexity index is 901. The van der Waals surface area contributed by atoms with Crippen molar-refractivity contribution in [2.75, 3.05) is 6.79 Å². The van der Waals surface area contributed by atoms with Crippen LogP contribution in [0, 0.1) is 6.92 Å². The van der Waals surface area contributed by atoms with Crippen molar-refractivity contribution in [2.45, 2.75) is 13.5 Å². The van der Waals surface area contributed by atoms with E-state index in [1.807, 2.05) is 25.1 Å². The minimum Gasteiger partial charge on any atom is -0.454 e. The minimum atomic E-state index is -0.149. The van der Waals surface area contributed by atoms with E-state index in [0.29, 0.717) is 23.6 Å². The molecule has 2 aromatic carbocycles. The number of carbonyl (C=O) groups excluding carboxylic acids is 1. The van der Waals surface area contributed by atoms with Gasteiger partial charge in [0, 0.05) is 12.1 Å². The molecule has 0 radical (unpaired) electrons. The molecule has 0 aliphatic carbocycles. The van der Waals surface area contributed by atoms with Crippen LogP contribution in [0.3, 0.4) is 0 Å². The zero-order valence-corrected chi connectivity index (χ0v) is 12.6. The zero-order valence-electron chi connectivity index (χ0n) is 12.6. The zero-order chi connectivity index (χ0) is 15.8. The molecule has 1 aliphatic rings. The number of aromatic nitrogens is 2. The van der Waals surface area contributed by atoms with Crippen molar-refractivity contribution in [3.63, 3.8) is 0 Å². The highest BCUT2D eigenvalue weighted by Crippen LogP contribution is 2.32. The van der Waals surface area contributed by atoms with Gasteiger partial charge >= 0.3 is 0 Å². The summed E-state index contributed by atoms with van der Waals surface area (Å²) in [6.07, 6.45) is 0. The summed E-state index contributed by atoms with van der Waals surface area (Å²) in [6.45, 7) is 2.56. The summed E-state index contributed by atoms with van der Waals surface area (Å²) in [5, 5.41) is 2.91. The maximum absolute atomic E-state index is 12.3. The van der Waals surface area contributed by atoms with Crippen LogP contribution in [0.1, 0.15) is 21.7 Å². The Morgan fingerprint density at radius 1 is 1.22 bits per heavy atom. The van der Waals surface area contributed by atoms with Gasteiger partial charge in [-0.15, -0.1) is 0 Å². The van der Waals surface area contributed by atoms with Gasteiger partial charge in [-0.2, -0.15) is 0 Å². The lowest BCUT2D eigenvalue weighted by atomic mass is 10.1. The summed E-state index contributed by atoms with van der Waals surface area (Å²) < 4.78 is 10.5. The fourth-order valence-electron chi connectivity index (χ4n) is 2.62. The largest absolute Gasteiger partial charge is 0.454 e. The van der Waals surface area contributed by atoms with Gasteiger partial charge in [0.2, 0.25) is 6.79 Å². The van der Waals surface area contributed by atoms with Crippen molar-refractivity contribution >= 4 is 16.9 Å². The number of amides is 1. The Morgan fingerprint density at radius 2 is 2.09 bits per heavy atom. The molecule has 2 heterocycles. The summed E-state index contributed by atoms with van der Waals surface area (Å²) in [6, 6.07) is 11.1. The average Bonchev–Trinajstić information content (AvgIpc) is 3.16. The lowest BCUT2D eigenvalue weighted by molar-refractivity contribution is 0.0950. The van der Waals surface area contributed by atoms with E-state index in [1.165, 1.54) is 0 Å². The van der Waals surface area contributed by atoms with Crippen LogP contribution >= 0.6 is 0 Å². The number of rotatable bonds is 3. The molecule has 0 bridgehead atoms. The quantitative estimate of drug-likeness (QED) is 0.779. The van der Waals surface area contributed by atoms with Crippen LogP contribution in [-0.4, -0.2) is 22.7 Å². The fraction of sp³-hybridized carbons (Fsp3) is 0.176. The number of nitrogens with one attached hydrogen (secondary N) is 2. The van der Waals surface area contributed by atoms with Gasteiger partial charge in [-0.3, -0.25) is 4.79 Å². The molecule has 0 atom stereocenters. The van der Waals surface area contributed by atoms with Crippen LogP contribution in [0.2, 0.25) is 0 Å². The van der Waals surface area contributed by atoms with Gasteiger partial charge in [-0.1, -0.05) is 6.07 Å². The molecule has 2 N–H and O–H groups in total. The third-order valence-electron chi connectivity index (χ3n) is 3.75. The Hall–Kier alpha value is -3.02. The molecular formula is C17H15N3O3. The number of aromatic amines is 1. The number of aryl methyl sites for hydroxylation is 1. The number of hydrogen-bond acceptors (Lipinski definition) is 4. The van der Waals surface area contributed by atoms with Gasteiger partial charge in [-0.25, -0.2) is 4.98 Å². The first-order chi connectivity index (χ1) is 11.2. The summed E-state index contributed by atoms with van der Waals surface area (Å²) >= 11 is 0. The number of hydrogen-bond donors (Lipinski definition) is 2. The van der Waals surface area contributed by atoms with Gasteiger partial charge in [-0.05, 0) is 42.8 Å². The molecule has 0 fully saturated rings. The lowest BCUT2D eigenvalue weighted by Gasteiger charge is -2.06. The molecule has 0 saturated carbocycles. The van der Waals surface area contributed by atoms with Crippen molar-refractivity contribution < 1.29 is 14.3 Å². The van der Waals surface area contributed by atoms with E-state index in [1.54, 1.807) is 18.2 Å². The number of nitrogens with zero attached hydrogens (tertiary/aromatic N) is 1. The third-order valence-corrected chi connectivity index (χ3v) is 3.75. The van der Waals surface area contributed by atoms with Crippen LogP contribution in [0.4, 0.5) is 0 Å².